The first-order valence-corrected chi connectivity index (χ1v) is 7.42. The largest absolute Gasteiger partial charge is 0.508 e. The highest BCUT2D eigenvalue weighted by Crippen LogP contribution is 2.25. The predicted octanol–water partition coefficient (Wildman–Crippen LogP) is 3.67. The number of thiazole rings is 1. The van der Waals surface area contributed by atoms with E-state index in [1.165, 1.54) is 29.7 Å². The van der Waals surface area contributed by atoms with Crippen LogP contribution in [-0.2, 0) is 0 Å². The first-order chi connectivity index (χ1) is 10.7. The Hall–Kier alpha value is -2.86. The first kappa shape index (κ1) is 14.1. The van der Waals surface area contributed by atoms with Crippen LogP contribution in [0, 0.1) is 0 Å². The summed E-state index contributed by atoms with van der Waals surface area (Å²) in [5.41, 5.74) is 5.27. The van der Waals surface area contributed by atoms with Gasteiger partial charge in [0, 0.05) is 22.6 Å². The number of nitrogens with one attached hydrogen (secondary N) is 1. The van der Waals surface area contributed by atoms with Crippen molar-refractivity contribution in [2.24, 2.45) is 5.10 Å². The molecule has 0 saturated heterocycles. The van der Waals surface area contributed by atoms with Crippen LogP contribution < -0.4 is 5.43 Å². The summed E-state index contributed by atoms with van der Waals surface area (Å²) in [6.45, 7) is 0. The topological polar surface area (TPSA) is 77.7 Å². The van der Waals surface area contributed by atoms with Crippen LogP contribution in [0.25, 0.3) is 11.3 Å². The second-order valence-electron chi connectivity index (χ2n) is 4.52. The van der Waals surface area contributed by atoms with Crippen molar-refractivity contribution in [3.8, 4) is 22.8 Å². The SMILES string of the molecule is Oc1ccc(C=NNc2nc(-c3ccccc3)cs2)c(O)c1. The van der Waals surface area contributed by atoms with Crippen LogP contribution in [0.2, 0.25) is 0 Å². The molecular formula is C16H13N3O2S. The van der Waals surface area contributed by atoms with Gasteiger partial charge in [0.1, 0.15) is 11.5 Å². The van der Waals surface area contributed by atoms with Gasteiger partial charge in [-0.25, -0.2) is 4.98 Å². The normalized spacial score (nSPS) is 10.9. The predicted molar refractivity (Wildman–Crippen MR) is 88.5 cm³/mol. The van der Waals surface area contributed by atoms with E-state index in [0.29, 0.717) is 10.7 Å². The molecule has 6 heteroatoms. The fourth-order valence-electron chi connectivity index (χ4n) is 1.86. The van der Waals surface area contributed by atoms with Crippen molar-refractivity contribution in [2.45, 2.75) is 0 Å². The summed E-state index contributed by atoms with van der Waals surface area (Å²) >= 11 is 1.45. The Balaban J connectivity index is 1.69. The molecule has 0 aliphatic heterocycles. The third kappa shape index (κ3) is 3.24. The lowest BCUT2D eigenvalue weighted by molar-refractivity contribution is 0.450. The zero-order valence-electron chi connectivity index (χ0n) is 11.5. The minimum atomic E-state index is -0.0327. The molecule has 3 rings (SSSR count). The van der Waals surface area contributed by atoms with E-state index in [2.05, 4.69) is 15.5 Å². The van der Waals surface area contributed by atoms with Crippen molar-refractivity contribution in [1.82, 2.24) is 4.98 Å². The van der Waals surface area contributed by atoms with Crippen LogP contribution in [-0.4, -0.2) is 21.4 Å². The van der Waals surface area contributed by atoms with Crippen molar-refractivity contribution in [3.63, 3.8) is 0 Å². The molecule has 3 aromatic rings. The molecule has 0 fully saturated rings. The highest BCUT2D eigenvalue weighted by molar-refractivity contribution is 7.14. The fourth-order valence-corrected chi connectivity index (χ4v) is 2.53. The maximum atomic E-state index is 9.65. The lowest BCUT2D eigenvalue weighted by atomic mass is 10.2. The first-order valence-electron chi connectivity index (χ1n) is 6.54. The summed E-state index contributed by atoms with van der Waals surface area (Å²) < 4.78 is 0. The third-order valence-electron chi connectivity index (χ3n) is 2.95. The number of hydrogen-bond acceptors (Lipinski definition) is 6. The van der Waals surface area contributed by atoms with Crippen molar-refractivity contribution >= 4 is 22.7 Å². The number of hydrazone groups is 1. The molecule has 0 atom stereocenters. The molecule has 0 amide bonds. The zero-order valence-corrected chi connectivity index (χ0v) is 12.3. The number of anilines is 1. The molecule has 0 unspecified atom stereocenters. The van der Waals surface area contributed by atoms with Gasteiger partial charge < -0.3 is 10.2 Å². The Morgan fingerprint density at radius 1 is 1.09 bits per heavy atom. The number of phenolic OH excluding ortho intramolecular Hbond substituents is 2. The van der Waals surface area contributed by atoms with E-state index in [9.17, 15) is 10.2 Å². The number of rotatable bonds is 4. The van der Waals surface area contributed by atoms with E-state index in [1.807, 2.05) is 35.7 Å². The molecule has 0 spiro atoms. The quantitative estimate of drug-likeness (QED) is 0.507. The van der Waals surface area contributed by atoms with Crippen LogP contribution in [0.4, 0.5) is 5.13 Å². The highest BCUT2D eigenvalue weighted by Gasteiger charge is 2.03. The lowest BCUT2D eigenvalue weighted by Gasteiger charge is -1.99. The molecule has 1 aromatic heterocycles. The Kier molecular flexibility index (Phi) is 4.02. The van der Waals surface area contributed by atoms with Gasteiger partial charge in [-0.3, -0.25) is 5.43 Å². The van der Waals surface area contributed by atoms with Gasteiger partial charge in [-0.05, 0) is 12.1 Å². The Morgan fingerprint density at radius 3 is 2.68 bits per heavy atom. The molecule has 2 aromatic carbocycles. The summed E-state index contributed by atoms with van der Waals surface area (Å²) in [5.74, 6) is -0.0234. The number of phenols is 2. The second-order valence-corrected chi connectivity index (χ2v) is 5.38. The van der Waals surface area contributed by atoms with Crippen LogP contribution in [0.5, 0.6) is 11.5 Å². The Bertz CT molecular complexity index is 800. The molecule has 1 heterocycles. The van der Waals surface area contributed by atoms with Crippen molar-refractivity contribution < 1.29 is 10.2 Å². The number of hydrogen-bond donors (Lipinski definition) is 3. The van der Waals surface area contributed by atoms with Gasteiger partial charge in [0.05, 0.1) is 11.9 Å². The van der Waals surface area contributed by atoms with E-state index < -0.39 is 0 Å². The van der Waals surface area contributed by atoms with Gasteiger partial charge in [0.15, 0.2) is 0 Å². The van der Waals surface area contributed by atoms with Crippen molar-refractivity contribution in [3.05, 3.63) is 59.5 Å². The molecule has 22 heavy (non-hydrogen) atoms. The van der Waals surface area contributed by atoms with E-state index in [-0.39, 0.29) is 11.5 Å². The molecule has 3 N–H and O–H groups in total. The van der Waals surface area contributed by atoms with E-state index in [1.54, 1.807) is 6.07 Å². The Morgan fingerprint density at radius 2 is 1.91 bits per heavy atom. The summed E-state index contributed by atoms with van der Waals surface area (Å²) in [7, 11) is 0. The zero-order chi connectivity index (χ0) is 15.4. The van der Waals surface area contributed by atoms with Crippen LogP contribution in [0.15, 0.2) is 59.0 Å². The molecule has 0 bridgehead atoms. The third-order valence-corrected chi connectivity index (χ3v) is 3.70. The molecule has 5 nitrogen and oxygen atoms in total. The summed E-state index contributed by atoms with van der Waals surface area (Å²) in [6, 6.07) is 14.2. The molecule has 0 radical (unpaired) electrons. The van der Waals surface area contributed by atoms with E-state index in [4.69, 9.17) is 0 Å². The molecule has 0 aliphatic rings. The van der Waals surface area contributed by atoms with Crippen LogP contribution >= 0.6 is 11.3 Å². The Labute approximate surface area is 131 Å². The van der Waals surface area contributed by atoms with Gasteiger partial charge in [-0.15, -0.1) is 11.3 Å². The van der Waals surface area contributed by atoms with Crippen LogP contribution in [0.3, 0.4) is 0 Å². The van der Waals surface area contributed by atoms with Crippen molar-refractivity contribution in [2.75, 3.05) is 5.43 Å². The summed E-state index contributed by atoms with van der Waals surface area (Å²) in [6.07, 6.45) is 1.47. The van der Waals surface area contributed by atoms with Gasteiger partial charge in [0.25, 0.3) is 0 Å². The van der Waals surface area contributed by atoms with Crippen molar-refractivity contribution in [1.29, 1.82) is 0 Å². The second kappa shape index (κ2) is 6.28. The number of benzene rings is 2. The monoisotopic (exact) mass is 311 g/mol. The van der Waals surface area contributed by atoms with Gasteiger partial charge in [-0.1, -0.05) is 30.3 Å². The lowest BCUT2D eigenvalue weighted by Crippen LogP contribution is -1.90. The molecule has 110 valence electrons. The minimum Gasteiger partial charge on any atom is -0.508 e. The standard InChI is InChI=1S/C16H13N3O2S/c20-13-7-6-12(15(21)8-13)9-17-19-16-18-14(10-22-16)11-4-2-1-3-5-11/h1-10,20-21H,(H,18,19). The summed E-state index contributed by atoms with van der Waals surface area (Å²) in [4.78, 5) is 4.44. The number of aromatic hydroxyl groups is 2. The van der Waals surface area contributed by atoms with Gasteiger partial charge >= 0.3 is 0 Å². The molecule has 0 aliphatic carbocycles. The molecule has 0 saturated carbocycles. The van der Waals surface area contributed by atoms with E-state index >= 15 is 0 Å². The van der Waals surface area contributed by atoms with Gasteiger partial charge in [-0.2, -0.15) is 5.10 Å². The molecular weight excluding hydrogens is 298 g/mol. The number of aromatic nitrogens is 1. The highest BCUT2D eigenvalue weighted by atomic mass is 32.1. The van der Waals surface area contributed by atoms with E-state index in [0.717, 1.165) is 11.3 Å². The maximum Gasteiger partial charge on any atom is 0.203 e. The minimum absolute atomic E-state index is 0.00929. The van der Waals surface area contributed by atoms with Crippen LogP contribution in [0.1, 0.15) is 5.56 Å². The number of nitrogens with zero attached hydrogens (tertiary/aromatic N) is 2. The smallest absolute Gasteiger partial charge is 0.203 e. The summed E-state index contributed by atoms with van der Waals surface area (Å²) in [5, 5.41) is 25.5. The average molecular weight is 311 g/mol. The average Bonchev–Trinajstić information content (AvgIpc) is 2.99. The van der Waals surface area contributed by atoms with Gasteiger partial charge in [0.2, 0.25) is 5.13 Å². The fraction of sp³-hybridized carbons (Fsp3) is 0. The maximum absolute atomic E-state index is 9.65.